The molecule has 0 radical (unpaired) electrons. The summed E-state index contributed by atoms with van der Waals surface area (Å²) in [6, 6.07) is 8.87. The molecule has 0 amide bonds. The second-order valence-corrected chi connectivity index (χ2v) is 5.76. The molecule has 2 N–H and O–H groups in total. The van der Waals surface area contributed by atoms with Crippen molar-refractivity contribution in [3.8, 4) is 0 Å². The Morgan fingerprint density at radius 1 is 1.24 bits per heavy atom. The van der Waals surface area contributed by atoms with Crippen LogP contribution in [0.25, 0.3) is 11.0 Å². The lowest BCUT2D eigenvalue weighted by molar-refractivity contribution is -0.630. The van der Waals surface area contributed by atoms with E-state index in [1.807, 2.05) is 0 Å². The van der Waals surface area contributed by atoms with Crippen LogP contribution in [-0.4, -0.2) is 35.6 Å². The van der Waals surface area contributed by atoms with E-state index in [1.54, 1.807) is 0 Å². The molecule has 0 saturated carbocycles. The molecule has 0 aliphatic carbocycles. The number of nitrogens with one attached hydrogen (secondary N) is 2. The number of anilines is 1. The number of benzene rings is 1. The van der Waals surface area contributed by atoms with Gasteiger partial charge in [-0.1, -0.05) is 26.0 Å². The molecule has 0 fully saturated rings. The molecular weight excluding hydrogens is 260 g/mol. The van der Waals surface area contributed by atoms with Gasteiger partial charge < -0.3 is 4.90 Å². The molecule has 1 aromatic heterocycles. The van der Waals surface area contributed by atoms with Crippen LogP contribution in [0.4, 0.5) is 5.95 Å². The first-order valence-electron chi connectivity index (χ1n) is 8.11. The van der Waals surface area contributed by atoms with Gasteiger partial charge in [0.25, 0.3) is 0 Å². The van der Waals surface area contributed by atoms with Crippen LogP contribution in [0.15, 0.2) is 24.3 Å². The number of imidazole rings is 1. The summed E-state index contributed by atoms with van der Waals surface area (Å²) in [5.41, 5.74) is 2.41. The van der Waals surface area contributed by atoms with E-state index in [-0.39, 0.29) is 0 Å². The predicted octanol–water partition coefficient (Wildman–Crippen LogP) is 2.91. The van der Waals surface area contributed by atoms with Crippen molar-refractivity contribution >= 4 is 17.0 Å². The molecule has 0 spiro atoms. The van der Waals surface area contributed by atoms with Crippen LogP contribution in [0.5, 0.6) is 0 Å². The molecule has 116 valence electrons. The molecule has 21 heavy (non-hydrogen) atoms. The van der Waals surface area contributed by atoms with Gasteiger partial charge in [0.05, 0.1) is 13.1 Å². The number of nitrogens with zero attached hydrogens (tertiary/aromatic N) is 2. The molecule has 1 heterocycles. The molecule has 2 aromatic rings. The fourth-order valence-electron chi connectivity index (χ4n) is 2.80. The zero-order valence-corrected chi connectivity index (χ0v) is 13.8. The number of aromatic nitrogens is 2. The van der Waals surface area contributed by atoms with Gasteiger partial charge >= 0.3 is 5.95 Å². The Labute approximate surface area is 128 Å². The van der Waals surface area contributed by atoms with Gasteiger partial charge in [-0.3, -0.25) is 5.32 Å². The van der Waals surface area contributed by atoms with Gasteiger partial charge in [-0.05, 0) is 51.5 Å². The van der Waals surface area contributed by atoms with Crippen molar-refractivity contribution in [3.05, 3.63) is 24.3 Å². The maximum atomic E-state index is 3.60. The Hall–Kier alpha value is -1.55. The second kappa shape index (κ2) is 7.46. The van der Waals surface area contributed by atoms with Crippen molar-refractivity contribution < 1.29 is 4.57 Å². The van der Waals surface area contributed by atoms with Gasteiger partial charge in [-0.25, -0.2) is 9.55 Å². The third-order valence-corrected chi connectivity index (χ3v) is 4.24. The lowest BCUT2D eigenvalue weighted by atomic mass is 10.2. The largest absolute Gasteiger partial charge is 0.355 e. The van der Waals surface area contributed by atoms with E-state index in [1.165, 1.54) is 30.4 Å². The van der Waals surface area contributed by atoms with Gasteiger partial charge in [0.2, 0.25) is 0 Å². The van der Waals surface area contributed by atoms with Crippen LogP contribution < -0.4 is 9.88 Å². The fraction of sp³-hybridized carbons (Fsp3) is 0.588. The summed E-state index contributed by atoms with van der Waals surface area (Å²) in [4.78, 5) is 5.94. The van der Waals surface area contributed by atoms with Crippen LogP contribution in [0.2, 0.25) is 0 Å². The van der Waals surface area contributed by atoms with Gasteiger partial charge in [0.15, 0.2) is 0 Å². The molecule has 2 rings (SSSR count). The average molecular weight is 289 g/mol. The molecule has 4 heteroatoms. The third kappa shape index (κ3) is 3.97. The van der Waals surface area contributed by atoms with Crippen LogP contribution >= 0.6 is 0 Å². The van der Waals surface area contributed by atoms with Crippen LogP contribution in [0.1, 0.15) is 33.6 Å². The predicted molar refractivity (Wildman–Crippen MR) is 89.6 cm³/mol. The Balaban J connectivity index is 1.89. The van der Waals surface area contributed by atoms with E-state index in [2.05, 4.69) is 71.9 Å². The number of H-pyrrole nitrogens is 1. The number of para-hydroxylation sites is 2. The first-order chi connectivity index (χ1) is 10.2. The highest BCUT2D eigenvalue weighted by Crippen LogP contribution is 2.12. The minimum Gasteiger partial charge on any atom is -0.304 e. The van der Waals surface area contributed by atoms with E-state index >= 15 is 0 Å². The molecule has 0 aliphatic heterocycles. The second-order valence-electron chi connectivity index (χ2n) is 5.76. The van der Waals surface area contributed by atoms with Crippen molar-refractivity contribution in [2.75, 3.05) is 25.0 Å². The van der Waals surface area contributed by atoms with E-state index in [9.17, 15) is 0 Å². The van der Waals surface area contributed by atoms with E-state index in [0.29, 0.717) is 6.04 Å². The van der Waals surface area contributed by atoms with Crippen LogP contribution in [0.3, 0.4) is 0 Å². The Bertz CT molecular complexity index is 557. The first kappa shape index (κ1) is 15.8. The third-order valence-electron chi connectivity index (χ3n) is 4.24. The topological polar surface area (TPSA) is 34.9 Å². The standard InChI is InChI=1S/C17H28N4/c1-5-21(6-2)13-9-10-14(3)18-17-19-15-11-7-8-12-16(15)20(17)4/h7-8,11-12,14H,5-6,9-10,13H2,1-4H3,(H,18,19)/p+1/t14-/m1/s1. The Kier molecular flexibility index (Phi) is 5.62. The normalized spacial score (nSPS) is 13.0. The SMILES string of the molecule is CCN(CC)CCC[C@@H](C)Nc1[nH]c2ccccc2[n+]1C. The number of fused-ring (bicyclic) bond motifs is 1. The number of aryl methyl sites for hydroxylation is 1. The van der Waals surface area contributed by atoms with Gasteiger partial charge in [-0.15, -0.1) is 0 Å². The fourth-order valence-corrected chi connectivity index (χ4v) is 2.80. The smallest absolute Gasteiger partial charge is 0.304 e. The molecular formula is C17H29N4+. The maximum absolute atomic E-state index is 3.60. The summed E-state index contributed by atoms with van der Waals surface area (Å²) in [5, 5.41) is 3.60. The molecule has 1 atom stereocenters. The summed E-state index contributed by atoms with van der Waals surface area (Å²) >= 11 is 0. The average Bonchev–Trinajstić information content (AvgIpc) is 2.80. The molecule has 0 unspecified atom stereocenters. The first-order valence-corrected chi connectivity index (χ1v) is 8.11. The quantitative estimate of drug-likeness (QED) is 0.733. The minimum atomic E-state index is 0.472. The summed E-state index contributed by atoms with van der Waals surface area (Å²) in [7, 11) is 2.10. The number of rotatable bonds is 8. The van der Waals surface area contributed by atoms with Crippen LogP contribution in [0, 0.1) is 0 Å². The maximum Gasteiger partial charge on any atom is 0.355 e. The zero-order valence-electron chi connectivity index (χ0n) is 13.8. The summed E-state index contributed by atoms with van der Waals surface area (Å²) in [5.74, 6) is 1.09. The van der Waals surface area contributed by atoms with Crippen molar-refractivity contribution in [2.45, 2.75) is 39.7 Å². The lowest BCUT2D eigenvalue weighted by Gasteiger charge is -2.18. The van der Waals surface area contributed by atoms with Crippen molar-refractivity contribution in [3.63, 3.8) is 0 Å². The zero-order chi connectivity index (χ0) is 15.2. The molecule has 1 aromatic carbocycles. The monoisotopic (exact) mass is 289 g/mol. The van der Waals surface area contributed by atoms with Crippen LogP contribution in [-0.2, 0) is 7.05 Å². The molecule has 4 nitrogen and oxygen atoms in total. The van der Waals surface area contributed by atoms with E-state index < -0.39 is 0 Å². The highest BCUT2D eigenvalue weighted by atomic mass is 15.2. The molecule has 0 bridgehead atoms. The van der Waals surface area contributed by atoms with Crippen molar-refractivity contribution in [2.24, 2.45) is 7.05 Å². The van der Waals surface area contributed by atoms with Crippen molar-refractivity contribution in [1.82, 2.24) is 9.88 Å². The minimum absolute atomic E-state index is 0.472. The summed E-state index contributed by atoms with van der Waals surface area (Å²) < 4.78 is 2.19. The number of aromatic amines is 1. The lowest BCUT2D eigenvalue weighted by Crippen LogP contribution is -2.33. The number of hydrogen-bond acceptors (Lipinski definition) is 2. The summed E-state index contributed by atoms with van der Waals surface area (Å²) in [6.07, 6.45) is 2.42. The highest BCUT2D eigenvalue weighted by Gasteiger charge is 2.16. The van der Waals surface area contributed by atoms with Gasteiger partial charge in [0, 0.05) is 0 Å². The molecule has 0 aliphatic rings. The number of hydrogen-bond donors (Lipinski definition) is 2. The molecule has 0 saturated heterocycles. The van der Waals surface area contributed by atoms with E-state index in [4.69, 9.17) is 0 Å². The van der Waals surface area contributed by atoms with Gasteiger partial charge in [-0.2, -0.15) is 0 Å². The Morgan fingerprint density at radius 2 is 1.95 bits per heavy atom. The Morgan fingerprint density at radius 3 is 2.62 bits per heavy atom. The van der Waals surface area contributed by atoms with Crippen molar-refractivity contribution in [1.29, 1.82) is 0 Å². The highest BCUT2D eigenvalue weighted by molar-refractivity contribution is 5.72. The summed E-state index contributed by atoms with van der Waals surface area (Å²) in [6.45, 7) is 10.2. The van der Waals surface area contributed by atoms with Gasteiger partial charge in [0.1, 0.15) is 11.0 Å². The van der Waals surface area contributed by atoms with E-state index in [0.717, 1.165) is 19.0 Å².